The lowest BCUT2D eigenvalue weighted by atomic mass is 10.00. The second kappa shape index (κ2) is 5.74. The molecule has 2 aromatic rings. The monoisotopic (exact) mass is 321 g/mol. The summed E-state index contributed by atoms with van der Waals surface area (Å²) in [6, 6.07) is 9.34. The van der Waals surface area contributed by atoms with Crippen molar-refractivity contribution in [2.75, 3.05) is 5.32 Å². The summed E-state index contributed by atoms with van der Waals surface area (Å²) >= 11 is 3.20. The van der Waals surface area contributed by atoms with Crippen molar-refractivity contribution in [1.29, 1.82) is 0 Å². The number of rotatable bonds is 3. The molecule has 3 heteroatoms. The van der Waals surface area contributed by atoms with Gasteiger partial charge in [0, 0.05) is 12.2 Å². The molecule has 100 valence electrons. The van der Waals surface area contributed by atoms with Gasteiger partial charge in [-0.2, -0.15) is 0 Å². The average Bonchev–Trinajstić information content (AvgIpc) is 2.32. The van der Waals surface area contributed by atoms with Gasteiger partial charge in [0.05, 0.1) is 4.47 Å². The molecule has 0 radical (unpaired) electrons. The Morgan fingerprint density at radius 1 is 1.05 bits per heavy atom. The smallest absolute Gasteiger partial charge is 0.137 e. The highest BCUT2D eigenvalue weighted by Crippen LogP contribution is 2.22. The molecule has 1 N–H and O–H groups in total. The average molecular weight is 322 g/mol. The molecule has 0 spiro atoms. The Balaban J connectivity index is 2.16. The predicted molar refractivity (Wildman–Crippen MR) is 82.1 cm³/mol. The van der Waals surface area contributed by atoms with Crippen molar-refractivity contribution in [3.05, 3.63) is 62.9 Å². The van der Waals surface area contributed by atoms with Crippen molar-refractivity contribution in [3.63, 3.8) is 0 Å². The van der Waals surface area contributed by atoms with Crippen molar-refractivity contribution >= 4 is 21.6 Å². The standard InChI is InChI=1S/C16H17BrFN/c1-10-6-11(2)14(12(3)7-10)9-19-13-4-5-16(18)15(17)8-13/h4-8,19H,9H2,1-3H3. The minimum absolute atomic E-state index is 0.242. The molecule has 2 aromatic carbocycles. The summed E-state index contributed by atoms with van der Waals surface area (Å²) in [5.41, 5.74) is 6.05. The number of hydrogen-bond acceptors (Lipinski definition) is 1. The van der Waals surface area contributed by atoms with Gasteiger partial charge in [0.2, 0.25) is 0 Å². The van der Waals surface area contributed by atoms with E-state index >= 15 is 0 Å². The first-order valence-corrected chi connectivity index (χ1v) is 7.02. The topological polar surface area (TPSA) is 12.0 Å². The number of hydrogen-bond donors (Lipinski definition) is 1. The van der Waals surface area contributed by atoms with Gasteiger partial charge < -0.3 is 5.32 Å². The highest BCUT2D eigenvalue weighted by molar-refractivity contribution is 9.10. The Bertz CT molecular complexity index is 585. The second-order valence-corrected chi connectivity index (χ2v) is 5.71. The Hall–Kier alpha value is -1.35. The van der Waals surface area contributed by atoms with Gasteiger partial charge in [0.15, 0.2) is 0 Å². The van der Waals surface area contributed by atoms with Gasteiger partial charge in [-0.25, -0.2) is 4.39 Å². The third kappa shape index (κ3) is 3.35. The summed E-state index contributed by atoms with van der Waals surface area (Å²) < 4.78 is 13.6. The highest BCUT2D eigenvalue weighted by Gasteiger charge is 2.05. The molecule has 0 aliphatic heterocycles. The molecule has 19 heavy (non-hydrogen) atoms. The predicted octanol–water partition coefficient (Wildman–Crippen LogP) is 5.13. The Labute approximate surface area is 122 Å². The van der Waals surface area contributed by atoms with E-state index in [1.165, 1.54) is 28.3 Å². The van der Waals surface area contributed by atoms with Gasteiger partial charge in [0.1, 0.15) is 5.82 Å². The third-order valence-corrected chi connectivity index (χ3v) is 3.84. The van der Waals surface area contributed by atoms with Gasteiger partial charge in [-0.15, -0.1) is 0 Å². The number of benzene rings is 2. The summed E-state index contributed by atoms with van der Waals surface area (Å²) in [6.07, 6.45) is 0. The molecule has 1 nitrogen and oxygen atoms in total. The normalized spacial score (nSPS) is 10.6. The van der Waals surface area contributed by atoms with Crippen molar-refractivity contribution in [2.45, 2.75) is 27.3 Å². The number of nitrogens with one attached hydrogen (secondary N) is 1. The van der Waals surface area contributed by atoms with E-state index in [0.717, 1.165) is 12.2 Å². The fourth-order valence-corrected chi connectivity index (χ4v) is 2.66. The molecule has 0 bridgehead atoms. The van der Waals surface area contributed by atoms with E-state index in [2.05, 4.69) is 54.2 Å². The minimum Gasteiger partial charge on any atom is -0.381 e. The molecule has 0 saturated heterocycles. The van der Waals surface area contributed by atoms with Gasteiger partial charge in [-0.3, -0.25) is 0 Å². The Morgan fingerprint density at radius 3 is 2.26 bits per heavy atom. The maximum Gasteiger partial charge on any atom is 0.137 e. The van der Waals surface area contributed by atoms with Crippen molar-refractivity contribution < 1.29 is 4.39 Å². The van der Waals surface area contributed by atoms with Crippen molar-refractivity contribution in [1.82, 2.24) is 0 Å². The molecular weight excluding hydrogens is 305 g/mol. The Kier molecular flexibility index (Phi) is 4.25. The summed E-state index contributed by atoms with van der Waals surface area (Å²) in [5.74, 6) is -0.242. The lowest BCUT2D eigenvalue weighted by Crippen LogP contribution is -2.04. The van der Waals surface area contributed by atoms with E-state index in [0.29, 0.717) is 4.47 Å². The zero-order valence-corrected chi connectivity index (χ0v) is 12.9. The van der Waals surface area contributed by atoms with Crippen molar-refractivity contribution in [3.8, 4) is 0 Å². The highest BCUT2D eigenvalue weighted by atomic mass is 79.9. The molecule has 0 aliphatic carbocycles. The fourth-order valence-electron chi connectivity index (χ4n) is 2.29. The first kappa shape index (κ1) is 14.1. The summed E-state index contributed by atoms with van der Waals surface area (Å²) in [7, 11) is 0. The molecule has 0 saturated carbocycles. The molecule has 0 unspecified atom stereocenters. The van der Waals surface area contributed by atoms with Gasteiger partial charge >= 0.3 is 0 Å². The molecular formula is C16H17BrFN. The first-order chi connectivity index (χ1) is 8.97. The lowest BCUT2D eigenvalue weighted by molar-refractivity contribution is 0.621. The Morgan fingerprint density at radius 2 is 1.68 bits per heavy atom. The van der Waals surface area contributed by atoms with Crippen LogP contribution in [0.25, 0.3) is 0 Å². The van der Waals surface area contributed by atoms with Crippen LogP contribution in [0.15, 0.2) is 34.8 Å². The summed E-state index contributed by atoms with van der Waals surface area (Å²) in [6.45, 7) is 7.10. The van der Waals surface area contributed by atoms with E-state index in [4.69, 9.17) is 0 Å². The van der Waals surface area contributed by atoms with Crippen LogP contribution in [0.1, 0.15) is 22.3 Å². The maximum atomic E-state index is 13.2. The molecule has 2 rings (SSSR count). The quantitative estimate of drug-likeness (QED) is 0.826. The van der Waals surface area contributed by atoms with Crippen LogP contribution in [-0.4, -0.2) is 0 Å². The molecule has 0 aliphatic rings. The number of halogens is 2. The van der Waals surface area contributed by atoms with Gasteiger partial charge in [-0.05, 0) is 71.6 Å². The SMILES string of the molecule is Cc1cc(C)c(CNc2ccc(F)c(Br)c2)c(C)c1. The second-order valence-electron chi connectivity index (χ2n) is 4.86. The fraction of sp³-hybridized carbons (Fsp3) is 0.250. The van der Waals surface area contributed by atoms with E-state index in [9.17, 15) is 4.39 Å². The number of aryl methyl sites for hydroxylation is 3. The maximum absolute atomic E-state index is 13.2. The summed E-state index contributed by atoms with van der Waals surface area (Å²) in [4.78, 5) is 0. The van der Waals surface area contributed by atoms with E-state index < -0.39 is 0 Å². The van der Waals surface area contributed by atoms with Crippen molar-refractivity contribution in [2.24, 2.45) is 0 Å². The molecule has 0 heterocycles. The number of anilines is 1. The van der Waals surface area contributed by atoms with E-state index in [1.807, 2.05) is 0 Å². The molecule has 0 aromatic heterocycles. The van der Waals surface area contributed by atoms with Crippen LogP contribution in [0, 0.1) is 26.6 Å². The van der Waals surface area contributed by atoms with Gasteiger partial charge in [-0.1, -0.05) is 17.7 Å². The van der Waals surface area contributed by atoms with Crippen LogP contribution >= 0.6 is 15.9 Å². The lowest BCUT2D eigenvalue weighted by Gasteiger charge is -2.13. The first-order valence-electron chi connectivity index (χ1n) is 6.23. The van der Waals surface area contributed by atoms with Crippen LogP contribution in [0.2, 0.25) is 0 Å². The molecule has 0 amide bonds. The van der Waals surface area contributed by atoms with E-state index in [-0.39, 0.29) is 5.82 Å². The van der Waals surface area contributed by atoms with Crippen LogP contribution < -0.4 is 5.32 Å². The minimum atomic E-state index is -0.242. The zero-order chi connectivity index (χ0) is 14.0. The zero-order valence-electron chi connectivity index (χ0n) is 11.3. The van der Waals surface area contributed by atoms with Crippen LogP contribution in [0.3, 0.4) is 0 Å². The van der Waals surface area contributed by atoms with Crippen LogP contribution in [0.5, 0.6) is 0 Å². The molecule has 0 fully saturated rings. The summed E-state index contributed by atoms with van der Waals surface area (Å²) in [5, 5.41) is 3.33. The van der Waals surface area contributed by atoms with E-state index in [1.54, 1.807) is 12.1 Å². The van der Waals surface area contributed by atoms with Gasteiger partial charge in [0.25, 0.3) is 0 Å². The molecule has 0 atom stereocenters. The van der Waals surface area contributed by atoms with Crippen LogP contribution in [-0.2, 0) is 6.54 Å². The van der Waals surface area contributed by atoms with Crippen LogP contribution in [0.4, 0.5) is 10.1 Å². The largest absolute Gasteiger partial charge is 0.381 e. The third-order valence-electron chi connectivity index (χ3n) is 3.23.